The van der Waals surface area contributed by atoms with Crippen LogP contribution in [-0.2, 0) is 4.74 Å². The van der Waals surface area contributed by atoms with E-state index in [-0.39, 0.29) is 0 Å². The van der Waals surface area contributed by atoms with Crippen LogP contribution in [0.5, 0.6) is 0 Å². The number of fused-ring (bicyclic) bond motifs is 15. The van der Waals surface area contributed by atoms with Gasteiger partial charge in [0, 0.05) is 72.5 Å². The summed E-state index contributed by atoms with van der Waals surface area (Å²) in [5, 5.41) is 0. The molecular formula is C62H100N4O. The lowest BCUT2D eigenvalue weighted by Gasteiger charge is -2.50. The molecule has 0 amide bonds. The Morgan fingerprint density at radius 2 is 0.552 bits per heavy atom. The van der Waals surface area contributed by atoms with Crippen molar-refractivity contribution in [3.8, 4) is 0 Å². The highest BCUT2D eigenvalue weighted by molar-refractivity contribution is 5.16. The van der Waals surface area contributed by atoms with Gasteiger partial charge in [-0.2, -0.15) is 0 Å². The molecule has 15 aliphatic rings. The van der Waals surface area contributed by atoms with Gasteiger partial charge in [-0.05, 0) is 212 Å². The lowest BCUT2D eigenvalue weighted by Crippen LogP contribution is -2.56. The number of likely N-dealkylation sites (tertiary alicyclic amines) is 4. The molecule has 15 rings (SSSR count). The summed E-state index contributed by atoms with van der Waals surface area (Å²) in [6.45, 7) is 5.57. The molecule has 0 N–H and O–H groups in total. The third kappa shape index (κ3) is 6.99. The van der Waals surface area contributed by atoms with Crippen LogP contribution < -0.4 is 0 Å². The lowest BCUT2D eigenvalue weighted by molar-refractivity contribution is -0.0552. The fourth-order valence-electron chi connectivity index (χ4n) is 24.9. The molecule has 5 heterocycles. The molecule has 0 bridgehead atoms. The standard InChI is InChI=1S/C62H100N4O/c1-37-31-41(63-53-21-9-3-15-43(53)44-16-4-10-22-54(44)63)33-51-47-19-7-13-25-57(47)65(61(37)51)39-27-29-49-50-30-28-40(36-60(50)67-59(49)35-39)66-58-26-14-8-20-48(58)52-34-42(32-38(2)62(52)66)64-55-23-11-5-17-45(55)46-18-6-12-24-56(46)64/h37-62H,3-36H2,1-2H3. The Balaban J connectivity index is 0.639. The molecule has 0 radical (unpaired) electrons. The van der Waals surface area contributed by atoms with Gasteiger partial charge in [0.1, 0.15) is 0 Å². The zero-order valence-electron chi connectivity index (χ0n) is 43.2. The van der Waals surface area contributed by atoms with Crippen molar-refractivity contribution < 1.29 is 4.74 Å². The first-order chi connectivity index (χ1) is 33.1. The Morgan fingerprint density at radius 3 is 0.896 bits per heavy atom. The monoisotopic (exact) mass is 917 g/mol. The van der Waals surface area contributed by atoms with Crippen molar-refractivity contribution in [3.63, 3.8) is 0 Å². The average Bonchev–Trinajstić information content (AvgIpc) is 4.17. The number of rotatable bonds is 4. The normalized spacial score (nSPS) is 57.8. The van der Waals surface area contributed by atoms with Gasteiger partial charge in [0.15, 0.2) is 0 Å². The Kier molecular flexibility index (Phi) is 11.7. The molecule has 5 nitrogen and oxygen atoms in total. The van der Waals surface area contributed by atoms with Crippen molar-refractivity contribution in [2.75, 3.05) is 0 Å². The summed E-state index contributed by atoms with van der Waals surface area (Å²) in [5.41, 5.74) is 0. The second kappa shape index (κ2) is 17.7. The molecule has 0 aromatic carbocycles. The minimum atomic E-state index is 0.548. The molecule has 5 heteroatoms. The lowest BCUT2D eigenvalue weighted by atomic mass is 9.68. The van der Waals surface area contributed by atoms with Crippen molar-refractivity contribution in [1.29, 1.82) is 0 Å². The van der Waals surface area contributed by atoms with E-state index in [0.717, 1.165) is 144 Å². The summed E-state index contributed by atoms with van der Waals surface area (Å²) in [4.78, 5) is 13.4. The molecule has 26 unspecified atom stereocenters. The molecule has 374 valence electrons. The van der Waals surface area contributed by atoms with Crippen LogP contribution in [0.25, 0.3) is 0 Å². The molecule has 0 aromatic heterocycles. The zero-order chi connectivity index (χ0) is 44.1. The van der Waals surface area contributed by atoms with Gasteiger partial charge >= 0.3 is 0 Å². The minimum absolute atomic E-state index is 0.548. The van der Waals surface area contributed by atoms with Crippen LogP contribution in [0.3, 0.4) is 0 Å². The first kappa shape index (κ1) is 44.3. The molecule has 0 spiro atoms. The van der Waals surface area contributed by atoms with E-state index in [1.165, 1.54) is 167 Å². The predicted molar refractivity (Wildman–Crippen MR) is 272 cm³/mol. The van der Waals surface area contributed by atoms with Crippen LogP contribution in [0.2, 0.25) is 0 Å². The van der Waals surface area contributed by atoms with Crippen molar-refractivity contribution in [2.24, 2.45) is 71.0 Å². The van der Waals surface area contributed by atoms with E-state index in [2.05, 4.69) is 33.4 Å². The summed E-state index contributed by atoms with van der Waals surface area (Å²) in [6.07, 6.45) is 52.5. The van der Waals surface area contributed by atoms with Gasteiger partial charge in [0.05, 0.1) is 12.2 Å². The molecule has 5 saturated heterocycles. The maximum absolute atomic E-state index is 7.65. The average molecular weight is 918 g/mol. The highest BCUT2D eigenvalue weighted by Crippen LogP contribution is 2.61. The van der Waals surface area contributed by atoms with Crippen LogP contribution >= 0.6 is 0 Å². The van der Waals surface area contributed by atoms with Gasteiger partial charge in [0.25, 0.3) is 0 Å². The second-order valence-corrected chi connectivity index (χ2v) is 28.9. The summed E-state index contributed by atoms with van der Waals surface area (Å²) in [5.74, 6) is 11.5. The molecular weight excluding hydrogens is 817 g/mol. The minimum Gasteiger partial charge on any atom is -0.374 e. The highest BCUT2D eigenvalue weighted by atomic mass is 16.5. The van der Waals surface area contributed by atoms with Gasteiger partial charge in [-0.25, -0.2) is 0 Å². The van der Waals surface area contributed by atoms with Crippen LogP contribution in [0, 0.1) is 71.0 Å². The Bertz CT molecular complexity index is 1600. The quantitative estimate of drug-likeness (QED) is 0.279. The molecule has 26 atom stereocenters. The SMILES string of the molecule is CC1CC(N2C3CCCCC3C3CCCCC32)CC2C3CCCCC3N(C3CCC4C(C3)OC3CC(N5C6CCCCC6C6CC(N7C8CCCCC8C8CCCCC87)CC(C)C65)CCC34)C12. The largest absolute Gasteiger partial charge is 0.374 e. The summed E-state index contributed by atoms with van der Waals surface area (Å²) < 4.78 is 7.65. The first-order valence-electron chi connectivity index (χ1n) is 31.8. The van der Waals surface area contributed by atoms with E-state index in [9.17, 15) is 0 Å². The maximum atomic E-state index is 7.65. The van der Waals surface area contributed by atoms with Crippen molar-refractivity contribution >= 4 is 0 Å². The summed E-state index contributed by atoms with van der Waals surface area (Å²) >= 11 is 0. The summed E-state index contributed by atoms with van der Waals surface area (Å²) in [6, 6.07) is 10.6. The van der Waals surface area contributed by atoms with E-state index in [4.69, 9.17) is 4.74 Å². The second-order valence-electron chi connectivity index (χ2n) is 28.9. The maximum Gasteiger partial charge on any atom is 0.0625 e. The van der Waals surface area contributed by atoms with Crippen molar-refractivity contribution in [3.05, 3.63) is 0 Å². The first-order valence-corrected chi connectivity index (χ1v) is 31.8. The van der Waals surface area contributed by atoms with Crippen LogP contribution in [-0.4, -0.2) is 104 Å². The zero-order valence-corrected chi connectivity index (χ0v) is 43.2. The van der Waals surface area contributed by atoms with Gasteiger partial charge in [0.2, 0.25) is 0 Å². The van der Waals surface area contributed by atoms with Gasteiger partial charge in [-0.15, -0.1) is 0 Å². The molecule has 67 heavy (non-hydrogen) atoms. The Labute approximate surface area is 410 Å². The highest BCUT2D eigenvalue weighted by Gasteiger charge is 2.63. The molecule has 10 saturated carbocycles. The van der Waals surface area contributed by atoms with Gasteiger partial charge in [-0.3, -0.25) is 19.6 Å². The van der Waals surface area contributed by atoms with E-state index in [1.807, 2.05) is 0 Å². The fourth-order valence-corrected chi connectivity index (χ4v) is 24.9. The van der Waals surface area contributed by atoms with Crippen molar-refractivity contribution in [2.45, 2.75) is 317 Å². The molecule has 0 aromatic rings. The number of hydrogen-bond acceptors (Lipinski definition) is 5. The smallest absolute Gasteiger partial charge is 0.0625 e. The van der Waals surface area contributed by atoms with E-state index in [0.29, 0.717) is 12.2 Å². The van der Waals surface area contributed by atoms with Gasteiger partial charge < -0.3 is 4.74 Å². The van der Waals surface area contributed by atoms with E-state index in [1.54, 1.807) is 51.4 Å². The van der Waals surface area contributed by atoms with Crippen LogP contribution in [0.15, 0.2) is 0 Å². The predicted octanol–water partition coefficient (Wildman–Crippen LogP) is 13.3. The summed E-state index contributed by atoms with van der Waals surface area (Å²) in [7, 11) is 0. The number of nitrogens with zero attached hydrogens (tertiary/aromatic N) is 4. The van der Waals surface area contributed by atoms with Gasteiger partial charge in [-0.1, -0.05) is 90.9 Å². The Hall–Kier alpha value is -0.200. The fraction of sp³-hybridized carbons (Fsp3) is 1.00. The van der Waals surface area contributed by atoms with E-state index >= 15 is 0 Å². The number of ether oxygens (including phenoxy) is 1. The van der Waals surface area contributed by atoms with Crippen LogP contribution in [0.4, 0.5) is 0 Å². The molecule has 5 aliphatic heterocycles. The third-order valence-corrected chi connectivity index (χ3v) is 26.5. The molecule has 15 fully saturated rings. The number of hydrogen-bond donors (Lipinski definition) is 0. The van der Waals surface area contributed by atoms with Crippen LogP contribution in [0.1, 0.15) is 232 Å². The topological polar surface area (TPSA) is 22.2 Å². The molecule has 10 aliphatic carbocycles. The van der Waals surface area contributed by atoms with E-state index < -0.39 is 0 Å². The Morgan fingerprint density at radius 1 is 0.254 bits per heavy atom. The van der Waals surface area contributed by atoms with Crippen molar-refractivity contribution in [1.82, 2.24) is 19.6 Å². The third-order valence-electron chi connectivity index (χ3n) is 26.5.